The summed E-state index contributed by atoms with van der Waals surface area (Å²) in [5.41, 5.74) is 17.2. The Morgan fingerprint density at radius 2 is 1.52 bits per heavy atom. The smallest absolute Gasteiger partial charge is 1.00 e. The first-order valence-corrected chi connectivity index (χ1v) is 7.37. The van der Waals surface area contributed by atoms with Crippen molar-refractivity contribution in [3.05, 3.63) is 48.8 Å². The van der Waals surface area contributed by atoms with Gasteiger partial charge in [0, 0.05) is 18.9 Å². The molecule has 7 N–H and O–H groups in total. The molecule has 2 heterocycles. The number of aromatic nitrogens is 2. The number of pyridine rings is 2. The number of aliphatic carboxylic acids is 1. The summed E-state index contributed by atoms with van der Waals surface area (Å²) in [5, 5.41) is 8.38. The molecule has 0 aliphatic carbocycles. The van der Waals surface area contributed by atoms with E-state index >= 15 is 0 Å². The molecule has 2 rings (SSSR count). The van der Waals surface area contributed by atoms with Crippen LogP contribution < -0.4 is 42.0 Å². The molecule has 2 aromatic rings. The molecule has 0 spiro atoms. The zero-order valence-electron chi connectivity index (χ0n) is 14.3. The first-order valence-electron chi connectivity index (χ1n) is 7.37. The molecule has 0 fully saturated rings. The van der Waals surface area contributed by atoms with E-state index in [9.17, 15) is 4.79 Å². The third-order valence-electron chi connectivity index (χ3n) is 2.88. The summed E-state index contributed by atoms with van der Waals surface area (Å²) < 4.78 is 0. The van der Waals surface area contributed by atoms with Crippen LogP contribution in [0.5, 0.6) is 0 Å². The molecule has 1 atom stereocenters. The summed E-state index contributed by atoms with van der Waals surface area (Å²) in [6, 6.07) is 10.8. The molecule has 0 aromatic carbocycles. The molecular formula is C16H22Cl2CuN6O2. The number of guanidine groups is 1. The van der Waals surface area contributed by atoms with Crippen LogP contribution in [-0.2, 0) is 21.9 Å². The molecule has 0 amide bonds. The van der Waals surface area contributed by atoms with Crippen molar-refractivity contribution in [3.63, 3.8) is 0 Å². The minimum Gasteiger partial charge on any atom is -1.00 e. The fraction of sp³-hybridized carbons (Fsp3) is 0.250. The number of aliphatic imine (C=N–C) groups is 1. The van der Waals surface area contributed by atoms with Gasteiger partial charge >= 0.3 is 23.0 Å². The minimum absolute atomic E-state index is 0. The Bertz CT molecular complexity index is 608. The van der Waals surface area contributed by atoms with E-state index in [1.807, 2.05) is 36.4 Å². The van der Waals surface area contributed by atoms with Crippen LogP contribution in [0.1, 0.15) is 12.8 Å². The van der Waals surface area contributed by atoms with E-state index in [0.717, 1.165) is 11.4 Å². The number of carboxylic acid groups (broad SMARTS) is 1. The van der Waals surface area contributed by atoms with Crippen molar-refractivity contribution in [1.82, 2.24) is 9.97 Å². The molecular weight excluding hydrogens is 443 g/mol. The second kappa shape index (κ2) is 17.5. The molecule has 0 saturated carbocycles. The predicted molar refractivity (Wildman–Crippen MR) is 93.0 cm³/mol. The molecule has 1 radical (unpaired) electrons. The van der Waals surface area contributed by atoms with Gasteiger partial charge in [0.2, 0.25) is 0 Å². The molecule has 8 nitrogen and oxygen atoms in total. The summed E-state index contributed by atoms with van der Waals surface area (Å²) in [6.07, 6.45) is 4.49. The molecule has 0 bridgehead atoms. The van der Waals surface area contributed by atoms with Crippen molar-refractivity contribution in [2.45, 2.75) is 18.9 Å². The van der Waals surface area contributed by atoms with Crippen molar-refractivity contribution < 1.29 is 51.8 Å². The van der Waals surface area contributed by atoms with Crippen molar-refractivity contribution >= 4 is 11.9 Å². The first kappa shape index (κ1) is 29.8. The van der Waals surface area contributed by atoms with Gasteiger partial charge in [-0.25, -0.2) is 0 Å². The third kappa shape index (κ3) is 13.9. The zero-order valence-corrected chi connectivity index (χ0v) is 16.8. The monoisotopic (exact) mass is 463 g/mol. The number of carbonyl (C=O) groups is 1. The normalized spacial score (nSPS) is 9.67. The maximum atomic E-state index is 10.2. The van der Waals surface area contributed by atoms with E-state index in [-0.39, 0.29) is 47.8 Å². The topological polar surface area (TPSA) is 154 Å². The molecule has 0 saturated heterocycles. The van der Waals surface area contributed by atoms with Gasteiger partial charge in [0.15, 0.2) is 5.96 Å². The Balaban J connectivity index is -0.000000384. The fourth-order valence-corrected chi connectivity index (χ4v) is 1.67. The number of halogens is 2. The Morgan fingerprint density at radius 1 is 1.04 bits per heavy atom. The van der Waals surface area contributed by atoms with Gasteiger partial charge in [-0.15, -0.1) is 0 Å². The molecule has 153 valence electrons. The van der Waals surface area contributed by atoms with E-state index in [2.05, 4.69) is 15.0 Å². The van der Waals surface area contributed by atoms with Crippen LogP contribution in [0.4, 0.5) is 0 Å². The van der Waals surface area contributed by atoms with Crippen LogP contribution in [0.25, 0.3) is 11.4 Å². The van der Waals surface area contributed by atoms with Crippen LogP contribution in [0.3, 0.4) is 0 Å². The molecule has 0 unspecified atom stereocenters. The van der Waals surface area contributed by atoms with Crippen LogP contribution in [0, 0.1) is 0 Å². The van der Waals surface area contributed by atoms with Gasteiger partial charge in [0.25, 0.3) is 0 Å². The maximum Gasteiger partial charge on any atom is 2.00 e. The predicted octanol–water partition coefficient (Wildman–Crippen LogP) is -5.40. The molecule has 27 heavy (non-hydrogen) atoms. The van der Waals surface area contributed by atoms with Crippen LogP contribution in [-0.4, -0.2) is 39.6 Å². The maximum absolute atomic E-state index is 10.2. The third-order valence-corrected chi connectivity index (χ3v) is 2.88. The molecule has 11 heteroatoms. The van der Waals surface area contributed by atoms with Crippen molar-refractivity contribution in [1.29, 1.82) is 0 Å². The number of hydrogen-bond donors (Lipinski definition) is 4. The summed E-state index contributed by atoms with van der Waals surface area (Å²) in [6.45, 7) is 0.420. The SMILES string of the molecule is NC(N)=NCCC[C@H](N)C(=O)O.[Cl-].[Cl-].[Cu+2].c1ccc(-c2ccccn2)nc1. The van der Waals surface area contributed by atoms with E-state index in [1.54, 1.807) is 12.4 Å². The summed E-state index contributed by atoms with van der Waals surface area (Å²) >= 11 is 0. The second-order valence-electron chi connectivity index (χ2n) is 4.82. The van der Waals surface area contributed by atoms with Gasteiger partial charge in [-0.3, -0.25) is 19.8 Å². The second-order valence-corrected chi connectivity index (χ2v) is 4.82. The van der Waals surface area contributed by atoms with Gasteiger partial charge in [0.1, 0.15) is 6.04 Å². The molecule has 2 aromatic heterocycles. The van der Waals surface area contributed by atoms with Gasteiger partial charge < -0.3 is 47.1 Å². The van der Waals surface area contributed by atoms with Crippen LogP contribution in [0.2, 0.25) is 0 Å². The Morgan fingerprint density at radius 3 is 1.85 bits per heavy atom. The Labute approximate surface area is 181 Å². The Kier molecular flexibility index (Phi) is 19.4. The van der Waals surface area contributed by atoms with E-state index in [4.69, 9.17) is 22.3 Å². The summed E-state index contributed by atoms with van der Waals surface area (Å²) in [7, 11) is 0. The molecule has 0 aliphatic rings. The van der Waals surface area contributed by atoms with E-state index < -0.39 is 12.0 Å². The minimum atomic E-state index is -1.00. The van der Waals surface area contributed by atoms with Gasteiger partial charge in [-0.2, -0.15) is 0 Å². The summed E-state index contributed by atoms with van der Waals surface area (Å²) in [4.78, 5) is 22.3. The average molecular weight is 465 g/mol. The van der Waals surface area contributed by atoms with E-state index in [0.29, 0.717) is 19.4 Å². The quantitative estimate of drug-likeness (QED) is 0.144. The van der Waals surface area contributed by atoms with Crippen LogP contribution in [0.15, 0.2) is 53.8 Å². The van der Waals surface area contributed by atoms with Crippen LogP contribution >= 0.6 is 0 Å². The zero-order chi connectivity index (χ0) is 17.8. The number of nitrogens with two attached hydrogens (primary N) is 3. The number of nitrogens with zero attached hydrogens (tertiary/aromatic N) is 3. The van der Waals surface area contributed by atoms with Gasteiger partial charge in [-0.05, 0) is 37.1 Å². The number of hydrogen-bond acceptors (Lipinski definition) is 5. The van der Waals surface area contributed by atoms with Crippen molar-refractivity contribution in [2.75, 3.05) is 6.54 Å². The van der Waals surface area contributed by atoms with Crippen molar-refractivity contribution in [2.24, 2.45) is 22.2 Å². The van der Waals surface area contributed by atoms with Gasteiger partial charge in [-0.1, -0.05) is 12.1 Å². The number of rotatable bonds is 6. The number of carboxylic acids is 1. The average Bonchev–Trinajstić information content (AvgIpc) is 2.60. The first-order chi connectivity index (χ1) is 11.5. The standard InChI is InChI=1S/C10H8N2.C6H14N4O2.2ClH.Cu/c1-3-7-11-9(5-1)10-6-2-4-8-12-10;7-4(5(11)12)2-1-3-10-6(8)9;;;/h1-8H;4H,1-3,7H2,(H,11,12)(H4,8,9,10);2*1H;/q;;;;+2/p-2/t;4-;;;/m.0.../s1. The van der Waals surface area contributed by atoms with E-state index in [1.165, 1.54) is 0 Å². The van der Waals surface area contributed by atoms with Crippen molar-refractivity contribution in [3.8, 4) is 11.4 Å². The largest absolute Gasteiger partial charge is 2.00 e. The fourth-order valence-electron chi connectivity index (χ4n) is 1.67. The summed E-state index contributed by atoms with van der Waals surface area (Å²) in [5.74, 6) is -0.987. The Hall–Kier alpha value is -1.90. The van der Waals surface area contributed by atoms with Gasteiger partial charge in [0.05, 0.1) is 11.4 Å². The molecule has 0 aliphatic heterocycles.